The SMILES string of the molecule is N#Cc1cc(N)ccc1S(=O)(=O)Nc1ccc(F)cc1I. The minimum atomic E-state index is -3.96. The maximum absolute atomic E-state index is 13.0. The van der Waals surface area contributed by atoms with Crippen LogP contribution in [0.15, 0.2) is 41.3 Å². The summed E-state index contributed by atoms with van der Waals surface area (Å²) in [7, 11) is -3.96. The van der Waals surface area contributed by atoms with Gasteiger partial charge in [-0.2, -0.15) is 5.26 Å². The molecular formula is C13H9FIN3O2S. The number of nitriles is 1. The van der Waals surface area contributed by atoms with E-state index in [-0.39, 0.29) is 16.1 Å². The van der Waals surface area contributed by atoms with Gasteiger partial charge in [0, 0.05) is 9.26 Å². The molecule has 0 radical (unpaired) electrons. The lowest BCUT2D eigenvalue weighted by Crippen LogP contribution is -2.15. The first-order valence-corrected chi connectivity index (χ1v) is 8.17. The molecule has 0 amide bonds. The van der Waals surface area contributed by atoms with Crippen molar-refractivity contribution < 1.29 is 12.8 Å². The Morgan fingerprint density at radius 2 is 1.95 bits per heavy atom. The largest absolute Gasteiger partial charge is 0.399 e. The number of nitrogens with one attached hydrogen (secondary N) is 1. The van der Waals surface area contributed by atoms with E-state index in [0.717, 1.165) is 6.07 Å². The molecule has 2 rings (SSSR count). The van der Waals surface area contributed by atoms with Crippen molar-refractivity contribution in [2.75, 3.05) is 10.5 Å². The molecule has 2 aromatic rings. The van der Waals surface area contributed by atoms with Gasteiger partial charge in [-0.25, -0.2) is 12.8 Å². The van der Waals surface area contributed by atoms with Crippen LogP contribution in [-0.4, -0.2) is 8.42 Å². The minimum Gasteiger partial charge on any atom is -0.399 e. The first kappa shape index (κ1) is 15.5. The molecule has 8 heteroatoms. The van der Waals surface area contributed by atoms with E-state index in [1.54, 1.807) is 6.07 Å². The van der Waals surface area contributed by atoms with Crippen molar-refractivity contribution in [3.05, 3.63) is 51.3 Å². The molecule has 3 N–H and O–H groups in total. The number of nitrogens with zero attached hydrogens (tertiary/aromatic N) is 1. The third kappa shape index (κ3) is 3.43. The van der Waals surface area contributed by atoms with Gasteiger partial charge in [0.15, 0.2) is 0 Å². The second-order valence-corrected chi connectivity index (χ2v) is 6.91. The fraction of sp³-hybridized carbons (Fsp3) is 0. The van der Waals surface area contributed by atoms with Crippen molar-refractivity contribution in [1.29, 1.82) is 5.26 Å². The Kier molecular flexibility index (Phi) is 4.34. The molecule has 0 spiro atoms. The number of hydrogen-bond donors (Lipinski definition) is 2. The van der Waals surface area contributed by atoms with Crippen molar-refractivity contribution in [2.24, 2.45) is 0 Å². The number of sulfonamides is 1. The van der Waals surface area contributed by atoms with E-state index in [4.69, 9.17) is 11.0 Å². The van der Waals surface area contributed by atoms with Gasteiger partial charge in [0.25, 0.3) is 10.0 Å². The van der Waals surface area contributed by atoms with Crippen LogP contribution in [0.2, 0.25) is 0 Å². The van der Waals surface area contributed by atoms with Crippen LogP contribution in [0.1, 0.15) is 5.56 Å². The molecule has 0 saturated heterocycles. The van der Waals surface area contributed by atoms with Crippen LogP contribution in [0, 0.1) is 20.7 Å². The zero-order valence-corrected chi connectivity index (χ0v) is 13.4. The molecule has 0 fully saturated rings. The second-order valence-electron chi connectivity index (χ2n) is 4.10. The van der Waals surface area contributed by atoms with Gasteiger partial charge >= 0.3 is 0 Å². The third-order valence-corrected chi connectivity index (χ3v) is 4.91. The van der Waals surface area contributed by atoms with Crippen molar-refractivity contribution in [3.8, 4) is 6.07 Å². The molecule has 0 aliphatic carbocycles. The van der Waals surface area contributed by atoms with Crippen LogP contribution >= 0.6 is 22.6 Å². The van der Waals surface area contributed by atoms with E-state index in [1.807, 2.05) is 22.6 Å². The van der Waals surface area contributed by atoms with E-state index >= 15 is 0 Å². The van der Waals surface area contributed by atoms with E-state index in [2.05, 4.69) is 4.72 Å². The average Bonchev–Trinajstić information content (AvgIpc) is 2.41. The van der Waals surface area contributed by atoms with Crippen molar-refractivity contribution in [1.82, 2.24) is 0 Å². The fourth-order valence-corrected chi connectivity index (χ4v) is 3.66. The number of nitrogen functional groups attached to an aromatic ring is 1. The topological polar surface area (TPSA) is 96.0 Å². The number of rotatable bonds is 3. The summed E-state index contributed by atoms with van der Waals surface area (Å²) < 4.78 is 40.4. The molecule has 0 unspecified atom stereocenters. The van der Waals surface area contributed by atoms with Crippen molar-refractivity contribution in [3.63, 3.8) is 0 Å². The fourth-order valence-electron chi connectivity index (χ4n) is 1.64. The Bertz CT molecular complexity index is 847. The summed E-state index contributed by atoms with van der Waals surface area (Å²) in [6.07, 6.45) is 0. The van der Waals surface area contributed by atoms with Gasteiger partial charge in [-0.1, -0.05) is 0 Å². The second kappa shape index (κ2) is 5.87. The summed E-state index contributed by atoms with van der Waals surface area (Å²) >= 11 is 1.82. The average molecular weight is 417 g/mol. The van der Waals surface area contributed by atoms with Gasteiger partial charge in [0.2, 0.25) is 0 Å². The monoisotopic (exact) mass is 417 g/mol. The lowest BCUT2D eigenvalue weighted by molar-refractivity contribution is 0.600. The quantitative estimate of drug-likeness (QED) is 0.593. The molecule has 0 aliphatic rings. The summed E-state index contributed by atoms with van der Waals surface area (Å²) in [5, 5.41) is 9.01. The van der Waals surface area contributed by atoms with Gasteiger partial charge in [0.1, 0.15) is 16.8 Å². The molecule has 0 saturated carbocycles. The number of nitrogens with two attached hydrogens (primary N) is 1. The van der Waals surface area contributed by atoms with E-state index in [1.165, 1.54) is 30.3 Å². The highest BCUT2D eigenvalue weighted by molar-refractivity contribution is 14.1. The molecule has 0 aromatic heterocycles. The highest BCUT2D eigenvalue weighted by Crippen LogP contribution is 2.25. The lowest BCUT2D eigenvalue weighted by Gasteiger charge is -2.11. The molecule has 5 nitrogen and oxygen atoms in total. The molecular weight excluding hydrogens is 408 g/mol. The zero-order valence-electron chi connectivity index (χ0n) is 10.5. The van der Waals surface area contributed by atoms with Crippen molar-refractivity contribution in [2.45, 2.75) is 4.90 Å². The molecule has 21 heavy (non-hydrogen) atoms. The van der Waals surface area contributed by atoms with Gasteiger partial charge in [0.05, 0.1) is 11.3 Å². The van der Waals surface area contributed by atoms with Crippen molar-refractivity contribution >= 4 is 44.0 Å². The standard InChI is InChI=1S/C13H9FIN3O2S/c14-9-1-3-12(11(15)6-9)18-21(19,20)13-4-2-10(17)5-8(13)7-16/h1-6,18H,17H2. The summed E-state index contributed by atoms with van der Waals surface area (Å²) in [5.41, 5.74) is 6.00. The molecule has 0 heterocycles. The first-order valence-electron chi connectivity index (χ1n) is 5.61. The smallest absolute Gasteiger partial charge is 0.263 e. The number of halogens is 2. The molecule has 0 atom stereocenters. The molecule has 0 aliphatic heterocycles. The van der Waals surface area contributed by atoms with Gasteiger partial charge in [-0.3, -0.25) is 4.72 Å². The summed E-state index contributed by atoms with van der Waals surface area (Å²) in [6, 6.07) is 9.39. The highest BCUT2D eigenvalue weighted by Gasteiger charge is 2.20. The van der Waals surface area contributed by atoms with Gasteiger partial charge < -0.3 is 5.73 Å². The number of anilines is 2. The summed E-state index contributed by atoms with van der Waals surface area (Å²) in [4.78, 5) is -0.181. The summed E-state index contributed by atoms with van der Waals surface area (Å²) in [5.74, 6) is -0.465. The maximum Gasteiger partial charge on any atom is 0.263 e. The van der Waals surface area contributed by atoms with Crippen LogP contribution in [0.4, 0.5) is 15.8 Å². The van der Waals surface area contributed by atoms with Gasteiger partial charge in [-0.05, 0) is 59.0 Å². The van der Waals surface area contributed by atoms with E-state index in [9.17, 15) is 12.8 Å². The normalized spacial score (nSPS) is 10.9. The zero-order chi connectivity index (χ0) is 15.6. The van der Waals surface area contributed by atoms with E-state index < -0.39 is 15.8 Å². The third-order valence-electron chi connectivity index (χ3n) is 2.59. The van der Waals surface area contributed by atoms with Crippen LogP contribution in [0.3, 0.4) is 0 Å². The predicted molar refractivity (Wildman–Crippen MR) is 85.5 cm³/mol. The van der Waals surface area contributed by atoms with Crippen LogP contribution in [0.25, 0.3) is 0 Å². The molecule has 108 valence electrons. The Morgan fingerprint density at radius 1 is 1.24 bits per heavy atom. The Hall–Kier alpha value is -1.86. The Labute approximate surface area is 134 Å². The summed E-state index contributed by atoms with van der Waals surface area (Å²) in [6.45, 7) is 0. The number of benzene rings is 2. The highest BCUT2D eigenvalue weighted by atomic mass is 127. The Balaban J connectivity index is 2.46. The lowest BCUT2D eigenvalue weighted by atomic mass is 10.2. The molecule has 0 bridgehead atoms. The van der Waals surface area contributed by atoms with Crippen LogP contribution in [-0.2, 0) is 10.0 Å². The maximum atomic E-state index is 13.0. The number of hydrogen-bond acceptors (Lipinski definition) is 4. The van der Waals surface area contributed by atoms with Gasteiger partial charge in [-0.15, -0.1) is 0 Å². The van der Waals surface area contributed by atoms with Crippen LogP contribution < -0.4 is 10.5 Å². The van der Waals surface area contributed by atoms with Crippen LogP contribution in [0.5, 0.6) is 0 Å². The van der Waals surface area contributed by atoms with E-state index in [0.29, 0.717) is 9.26 Å². The predicted octanol–water partition coefficient (Wildman–Crippen LogP) is 2.68. The molecule has 2 aromatic carbocycles. The minimum absolute atomic E-state index is 0.0559. The first-order chi connectivity index (χ1) is 9.83. The Morgan fingerprint density at radius 3 is 2.57 bits per heavy atom.